The van der Waals surface area contributed by atoms with E-state index in [0.29, 0.717) is 18.3 Å². The third-order valence-corrected chi connectivity index (χ3v) is 2.39. The first-order chi connectivity index (χ1) is 8.17. The lowest BCUT2D eigenvalue weighted by molar-refractivity contribution is 0.258. The largest absolute Gasteiger partial charge is 0.490 e. The van der Waals surface area contributed by atoms with Crippen molar-refractivity contribution in [1.29, 1.82) is 0 Å². The van der Waals surface area contributed by atoms with Crippen molar-refractivity contribution in [3.05, 3.63) is 18.3 Å². The van der Waals surface area contributed by atoms with Crippen molar-refractivity contribution in [2.45, 2.75) is 33.2 Å². The number of aliphatic hydroxyl groups excluding tert-OH is 1. The first-order valence-electron chi connectivity index (χ1n) is 6.12. The summed E-state index contributed by atoms with van der Waals surface area (Å²) in [7, 11) is 0. The highest BCUT2D eigenvalue weighted by molar-refractivity contribution is 5.50. The number of hydrogen-bond donors (Lipinski definition) is 2. The van der Waals surface area contributed by atoms with Crippen LogP contribution in [-0.2, 0) is 0 Å². The first kappa shape index (κ1) is 13.8. The normalized spacial score (nSPS) is 12.5. The van der Waals surface area contributed by atoms with Crippen LogP contribution in [0, 0.1) is 5.92 Å². The summed E-state index contributed by atoms with van der Waals surface area (Å²) in [4.78, 5) is 4.25. The van der Waals surface area contributed by atoms with Gasteiger partial charge < -0.3 is 15.2 Å². The van der Waals surface area contributed by atoms with Crippen molar-refractivity contribution in [2.75, 3.05) is 18.5 Å². The van der Waals surface area contributed by atoms with Gasteiger partial charge >= 0.3 is 0 Å². The average Bonchev–Trinajstić information content (AvgIpc) is 2.30. The zero-order chi connectivity index (χ0) is 12.7. The molecule has 1 unspecified atom stereocenters. The van der Waals surface area contributed by atoms with Crippen LogP contribution in [0.15, 0.2) is 18.3 Å². The van der Waals surface area contributed by atoms with Crippen LogP contribution in [-0.4, -0.2) is 29.3 Å². The van der Waals surface area contributed by atoms with Gasteiger partial charge in [0.2, 0.25) is 0 Å². The van der Waals surface area contributed by atoms with E-state index in [2.05, 4.69) is 24.1 Å². The van der Waals surface area contributed by atoms with E-state index in [4.69, 9.17) is 4.74 Å². The van der Waals surface area contributed by atoms with Gasteiger partial charge in [-0.15, -0.1) is 0 Å². The lowest BCUT2D eigenvalue weighted by Crippen LogP contribution is -2.26. The van der Waals surface area contributed by atoms with Gasteiger partial charge in [0, 0.05) is 6.20 Å². The highest BCUT2D eigenvalue weighted by atomic mass is 16.5. The van der Waals surface area contributed by atoms with Gasteiger partial charge in [0.1, 0.15) is 0 Å². The van der Waals surface area contributed by atoms with E-state index in [1.807, 2.05) is 19.1 Å². The van der Waals surface area contributed by atoms with Crippen molar-refractivity contribution in [3.63, 3.8) is 0 Å². The highest BCUT2D eigenvalue weighted by Crippen LogP contribution is 2.22. The van der Waals surface area contributed by atoms with E-state index in [-0.39, 0.29) is 12.6 Å². The molecular formula is C13H22N2O2. The summed E-state index contributed by atoms with van der Waals surface area (Å²) in [6.07, 6.45) is 2.62. The van der Waals surface area contributed by atoms with Crippen molar-refractivity contribution in [3.8, 4) is 5.75 Å². The molecule has 4 nitrogen and oxygen atoms in total. The minimum atomic E-state index is 0.0177. The third-order valence-electron chi connectivity index (χ3n) is 2.39. The molecule has 2 N–H and O–H groups in total. The Labute approximate surface area is 103 Å². The Morgan fingerprint density at radius 2 is 2.24 bits per heavy atom. The number of nitrogens with one attached hydrogen (secondary N) is 1. The van der Waals surface area contributed by atoms with Crippen molar-refractivity contribution < 1.29 is 9.84 Å². The molecule has 0 saturated heterocycles. The van der Waals surface area contributed by atoms with Crippen LogP contribution in [0.2, 0.25) is 0 Å². The maximum Gasteiger partial charge on any atom is 0.169 e. The molecule has 1 rings (SSSR count). The SMILES string of the molecule is CCOc1cccnc1NC(CO)CC(C)C. The monoisotopic (exact) mass is 238 g/mol. The fourth-order valence-corrected chi connectivity index (χ4v) is 1.71. The minimum absolute atomic E-state index is 0.0177. The van der Waals surface area contributed by atoms with Gasteiger partial charge in [-0.2, -0.15) is 0 Å². The summed E-state index contributed by atoms with van der Waals surface area (Å²) in [6, 6.07) is 3.74. The Hall–Kier alpha value is -1.29. The van der Waals surface area contributed by atoms with Gasteiger partial charge in [-0.1, -0.05) is 13.8 Å². The number of ether oxygens (including phenoxy) is 1. The molecule has 1 aromatic heterocycles. The summed E-state index contributed by atoms with van der Waals surface area (Å²) in [6.45, 7) is 6.90. The van der Waals surface area contributed by atoms with Crippen LogP contribution < -0.4 is 10.1 Å². The summed E-state index contributed by atoms with van der Waals surface area (Å²) >= 11 is 0. The first-order valence-corrected chi connectivity index (χ1v) is 6.12. The Morgan fingerprint density at radius 3 is 2.82 bits per heavy atom. The maximum absolute atomic E-state index is 9.33. The molecule has 0 spiro atoms. The van der Waals surface area contributed by atoms with Crippen molar-refractivity contribution in [2.24, 2.45) is 5.92 Å². The number of pyridine rings is 1. The number of aliphatic hydroxyl groups is 1. The van der Waals surface area contributed by atoms with Crippen LogP contribution in [0.4, 0.5) is 5.82 Å². The number of aromatic nitrogens is 1. The Bertz CT molecular complexity index is 329. The molecule has 0 fully saturated rings. The lowest BCUT2D eigenvalue weighted by atomic mass is 10.0. The van der Waals surface area contributed by atoms with Crippen LogP contribution in [0.1, 0.15) is 27.2 Å². The summed E-state index contributed by atoms with van der Waals surface area (Å²) < 4.78 is 5.48. The van der Waals surface area contributed by atoms with Gasteiger partial charge in [-0.25, -0.2) is 4.98 Å². The predicted molar refractivity (Wildman–Crippen MR) is 69.4 cm³/mol. The number of anilines is 1. The Morgan fingerprint density at radius 1 is 1.47 bits per heavy atom. The minimum Gasteiger partial charge on any atom is -0.490 e. The van der Waals surface area contributed by atoms with E-state index in [9.17, 15) is 5.11 Å². The van der Waals surface area contributed by atoms with Gasteiger partial charge in [0.25, 0.3) is 0 Å². The maximum atomic E-state index is 9.33. The summed E-state index contributed by atoms with van der Waals surface area (Å²) in [5.74, 6) is 1.96. The van der Waals surface area contributed by atoms with Gasteiger partial charge in [-0.3, -0.25) is 0 Å². The fourth-order valence-electron chi connectivity index (χ4n) is 1.71. The smallest absolute Gasteiger partial charge is 0.169 e. The number of nitrogens with zero attached hydrogens (tertiary/aromatic N) is 1. The topological polar surface area (TPSA) is 54.4 Å². The molecule has 1 aromatic rings. The molecule has 17 heavy (non-hydrogen) atoms. The molecule has 0 aliphatic rings. The molecule has 4 heteroatoms. The van der Waals surface area contributed by atoms with Crippen molar-refractivity contribution in [1.82, 2.24) is 4.98 Å². The molecular weight excluding hydrogens is 216 g/mol. The van der Waals surface area contributed by atoms with Crippen LogP contribution in [0.3, 0.4) is 0 Å². The van der Waals surface area contributed by atoms with Crippen LogP contribution in [0.5, 0.6) is 5.75 Å². The predicted octanol–water partition coefficient (Wildman–Crippen LogP) is 2.30. The zero-order valence-corrected chi connectivity index (χ0v) is 10.8. The molecule has 1 heterocycles. The van der Waals surface area contributed by atoms with E-state index < -0.39 is 0 Å². The third kappa shape index (κ3) is 4.61. The molecule has 0 radical (unpaired) electrons. The molecule has 0 aliphatic heterocycles. The summed E-state index contributed by atoms with van der Waals surface area (Å²) in [5, 5.41) is 12.6. The molecule has 0 saturated carbocycles. The average molecular weight is 238 g/mol. The lowest BCUT2D eigenvalue weighted by Gasteiger charge is -2.20. The van der Waals surface area contributed by atoms with E-state index in [0.717, 1.165) is 12.2 Å². The molecule has 96 valence electrons. The zero-order valence-electron chi connectivity index (χ0n) is 10.8. The fraction of sp³-hybridized carbons (Fsp3) is 0.615. The van der Waals surface area contributed by atoms with E-state index in [1.165, 1.54) is 0 Å². The molecule has 0 aliphatic carbocycles. The summed E-state index contributed by atoms with van der Waals surface area (Å²) in [5.41, 5.74) is 0. The quantitative estimate of drug-likeness (QED) is 0.765. The second-order valence-electron chi connectivity index (χ2n) is 4.44. The van der Waals surface area contributed by atoms with Gasteiger partial charge in [-0.05, 0) is 31.4 Å². The molecule has 0 amide bonds. The second-order valence-corrected chi connectivity index (χ2v) is 4.44. The standard InChI is InChI=1S/C13H22N2O2/c1-4-17-12-6-5-7-14-13(12)15-11(9-16)8-10(2)3/h5-7,10-11,16H,4,8-9H2,1-3H3,(H,14,15). The molecule has 0 aromatic carbocycles. The molecule has 1 atom stereocenters. The van der Waals surface area contributed by atoms with Gasteiger partial charge in [0.05, 0.1) is 19.3 Å². The van der Waals surface area contributed by atoms with E-state index in [1.54, 1.807) is 6.20 Å². The number of rotatable bonds is 7. The molecule has 0 bridgehead atoms. The van der Waals surface area contributed by atoms with Gasteiger partial charge in [0.15, 0.2) is 11.6 Å². The second kappa shape index (κ2) is 7.12. The Kier molecular flexibility index (Phi) is 5.77. The van der Waals surface area contributed by atoms with Crippen LogP contribution in [0.25, 0.3) is 0 Å². The van der Waals surface area contributed by atoms with Crippen molar-refractivity contribution >= 4 is 5.82 Å². The van der Waals surface area contributed by atoms with E-state index >= 15 is 0 Å². The number of hydrogen-bond acceptors (Lipinski definition) is 4. The Balaban J connectivity index is 2.71. The highest BCUT2D eigenvalue weighted by Gasteiger charge is 2.12. The van der Waals surface area contributed by atoms with Crippen LogP contribution >= 0.6 is 0 Å².